The summed E-state index contributed by atoms with van der Waals surface area (Å²) in [5.41, 5.74) is 4.98. The van der Waals surface area contributed by atoms with Crippen LogP contribution in [0.3, 0.4) is 0 Å². The van der Waals surface area contributed by atoms with Gasteiger partial charge >= 0.3 is 0 Å². The van der Waals surface area contributed by atoms with E-state index in [0.29, 0.717) is 5.75 Å². The number of carbonyl (C=O) groups is 1. The summed E-state index contributed by atoms with van der Waals surface area (Å²) in [5.74, 6) is 0.440. The lowest BCUT2D eigenvalue weighted by atomic mass is 10.1. The van der Waals surface area contributed by atoms with Gasteiger partial charge in [0, 0.05) is 39.1 Å². The van der Waals surface area contributed by atoms with Crippen molar-refractivity contribution in [2.24, 2.45) is 0 Å². The molecule has 1 N–H and O–H groups in total. The number of carbonyl (C=O) groups excluding carboxylic acids is 1. The monoisotopic (exact) mass is 406 g/mol. The molecule has 0 aliphatic rings. The van der Waals surface area contributed by atoms with E-state index in [1.165, 1.54) is 10.9 Å². The maximum Gasteiger partial charge on any atom is 0.262 e. The van der Waals surface area contributed by atoms with E-state index in [1.807, 2.05) is 50.2 Å². The second-order valence-corrected chi connectivity index (χ2v) is 7.58. The number of ether oxygens (including phenoxy) is 1. The van der Waals surface area contributed by atoms with Gasteiger partial charge in [-0.25, -0.2) is 0 Å². The number of para-hydroxylation sites is 1. The standard InChI is InChI=1S/C24H23ClN2O2/c1-4-27-21-8-6-5-7-19(21)20-13-17(9-10-22(20)27)26-23(28)14-29-18-11-15(2)24(25)16(3)12-18/h5-13H,4,14H2,1-3H3,(H,26,28). The summed E-state index contributed by atoms with van der Waals surface area (Å²) in [7, 11) is 0. The third kappa shape index (κ3) is 3.68. The SMILES string of the molecule is CCn1c2ccccc2c2cc(NC(=O)COc3cc(C)c(Cl)c(C)c3)ccc21. The van der Waals surface area contributed by atoms with E-state index in [1.54, 1.807) is 0 Å². The van der Waals surface area contributed by atoms with E-state index in [-0.39, 0.29) is 12.5 Å². The number of amides is 1. The number of hydrogen-bond donors (Lipinski definition) is 1. The maximum atomic E-state index is 12.4. The number of anilines is 1. The summed E-state index contributed by atoms with van der Waals surface area (Å²) in [6.45, 7) is 6.81. The Labute approximate surface area is 175 Å². The smallest absolute Gasteiger partial charge is 0.262 e. The minimum atomic E-state index is -0.200. The van der Waals surface area contributed by atoms with Crippen LogP contribution in [0.2, 0.25) is 5.02 Å². The van der Waals surface area contributed by atoms with Crippen molar-refractivity contribution < 1.29 is 9.53 Å². The van der Waals surface area contributed by atoms with Gasteiger partial charge in [0.15, 0.2) is 6.61 Å². The van der Waals surface area contributed by atoms with Crippen LogP contribution in [0.15, 0.2) is 54.6 Å². The van der Waals surface area contributed by atoms with Gasteiger partial charge in [0.2, 0.25) is 0 Å². The van der Waals surface area contributed by atoms with Crippen molar-refractivity contribution in [3.63, 3.8) is 0 Å². The fourth-order valence-corrected chi connectivity index (χ4v) is 3.92. The van der Waals surface area contributed by atoms with Gasteiger partial charge in [-0.15, -0.1) is 0 Å². The Bertz CT molecular complexity index is 1200. The highest BCUT2D eigenvalue weighted by Gasteiger charge is 2.11. The molecular formula is C24H23ClN2O2. The summed E-state index contributed by atoms with van der Waals surface area (Å²) < 4.78 is 7.94. The molecule has 0 saturated heterocycles. The second kappa shape index (κ2) is 7.80. The van der Waals surface area contributed by atoms with Crippen LogP contribution in [0.5, 0.6) is 5.75 Å². The number of aromatic nitrogens is 1. The molecule has 3 aromatic carbocycles. The van der Waals surface area contributed by atoms with Gasteiger partial charge in [0.05, 0.1) is 0 Å². The van der Waals surface area contributed by atoms with Crippen molar-refractivity contribution in [3.8, 4) is 5.75 Å². The molecule has 0 atom stereocenters. The molecule has 5 heteroatoms. The first-order valence-electron chi connectivity index (χ1n) is 9.68. The molecule has 1 amide bonds. The number of halogens is 1. The van der Waals surface area contributed by atoms with Crippen molar-refractivity contribution in [1.29, 1.82) is 0 Å². The zero-order valence-electron chi connectivity index (χ0n) is 16.8. The van der Waals surface area contributed by atoms with Crippen LogP contribution in [-0.2, 0) is 11.3 Å². The summed E-state index contributed by atoms with van der Waals surface area (Å²) >= 11 is 6.18. The highest BCUT2D eigenvalue weighted by atomic mass is 35.5. The molecule has 0 fully saturated rings. The maximum absolute atomic E-state index is 12.4. The molecule has 0 aliphatic heterocycles. The predicted octanol–water partition coefficient (Wildman–Crippen LogP) is 6.10. The molecule has 4 nitrogen and oxygen atoms in total. The minimum Gasteiger partial charge on any atom is -0.484 e. The number of nitrogens with one attached hydrogen (secondary N) is 1. The molecule has 4 aromatic rings. The molecule has 148 valence electrons. The van der Waals surface area contributed by atoms with E-state index in [4.69, 9.17) is 16.3 Å². The quantitative estimate of drug-likeness (QED) is 0.435. The summed E-state index contributed by atoms with van der Waals surface area (Å²) in [6, 6.07) is 18.0. The largest absolute Gasteiger partial charge is 0.484 e. The van der Waals surface area contributed by atoms with Crippen molar-refractivity contribution in [2.45, 2.75) is 27.3 Å². The van der Waals surface area contributed by atoms with Gasteiger partial charge in [-0.05, 0) is 68.3 Å². The van der Waals surface area contributed by atoms with E-state index in [9.17, 15) is 4.79 Å². The lowest BCUT2D eigenvalue weighted by Gasteiger charge is -2.10. The van der Waals surface area contributed by atoms with Crippen LogP contribution in [0.1, 0.15) is 18.1 Å². The summed E-state index contributed by atoms with van der Waals surface area (Å²) in [4.78, 5) is 12.4. The number of fused-ring (bicyclic) bond motifs is 3. The van der Waals surface area contributed by atoms with Gasteiger partial charge < -0.3 is 14.6 Å². The fraction of sp³-hybridized carbons (Fsp3) is 0.208. The summed E-state index contributed by atoms with van der Waals surface area (Å²) in [5, 5.41) is 5.97. The number of benzene rings is 3. The fourth-order valence-electron chi connectivity index (χ4n) is 3.81. The summed E-state index contributed by atoms with van der Waals surface area (Å²) in [6.07, 6.45) is 0. The van der Waals surface area contributed by atoms with Crippen LogP contribution in [-0.4, -0.2) is 17.1 Å². The first-order valence-corrected chi connectivity index (χ1v) is 10.1. The lowest BCUT2D eigenvalue weighted by molar-refractivity contribution is -0.118. The number of hydrogen-bond acceptors (Lipinski definition) is 2. The molecule has 29 heavy (non-hydrogen) atoms. The molecule has 1 aromatic heterocycles. The number of aryl methyl sites for hydroxylation is 3. The van der Waals surface area contributed by atoms with Gasteiger partial charge in [-0.1, -0.05) is 29.8 Å². The number of nitrogens with zero attached hydrogens (tertiary/aromatic N) is 1. The van der Waals surface area contributed by atoms with Gasteiger partial charge in [0.25, 0.3) is 5.91 Å². The van der Waals surface area contributed by atoms with Crippen molar-refractivity contribution in [2.75, 3.05) is 11.9 Å². The zero-order valence-corrected chi connectivity index (χ0v) is 17.5. The Kier molecular flexibility index (Phi) is 5.20. The zero-order chi connectivity index (χ0) is 20.5. The van der Waals surface area contributed by atoms with Crippen LogP contribution in [0.4, 0.5) is 5.69 Å². The van der Waals surface area contributed by atoms with Crippen molar-refractivity contribution in [1.82, 2.24) is 4.57 Å². The predicted molar refractivity (Wildman–Crippen MR) is 120 cm³/mol. The molecule has 0 bridgehead atoms. The molecule has 0 saturated carbocycles. The average molecular weight is 407 g/mol. The Hall–Kier alpha value is -2.98. The van der Waals surface area contributed by atoms with Crippen LogP contribution >= 0.6 is 11.6 Å². The van der Waals surface area contributed by atoms with E-state index in [0.717, 1.165) is 39.3 Å². The molecule has 0 radical (unpaired) electrons. The van der Waals surface area contributed by atoms with E-state index >= 15 is 0 Å². The van der Waals surface area contributed by atoms with Crippen molar-refractivity contribution >= 4 is 45.0 Å². The third-order valence-electron chi connectivity index (χ3n) is 5.15. The highest BCUT2D eigenvalue weighted by Crippen LogP contribution is 2.31. The minimum absolute atomic E-state index is 0.0602. The topological polar surface area (TPSA) is 43.3 Å². The average Bonchev–Trinajstić information content (AvgIpc) is 3.03. The number of rotatable bonds is 5. The molecule has 0 aliphatic carbocycles. The lowest BCUT2D eigenvalue weighted by Crippen LogP contribution is -2.20. The van der Waals surface area contributed by atoms with Gasteiger partial charge in [-0.3, -0.25) is 4.79 Å². The first-order chi connectivity index (χ1) is 14.0. The molecule has 1 heterocycles. The van der Waals surface area contributed by atoms with Gasteiger partial charge in [-0.2, -0.15) is 0 Å². The van der Waals surface area contributed by atoms with E-state index in [2.05, 4.69) is 35.0 Å². The van der Waals surface area contributed by atoms with Crippen molar-refractivity contribution in [3.05, 3.63) is 70.7 Å². The molecular weight excluding hydrogens is 384 g/mol. The van der Waals surface area contributed by atoms with Crippen LogP contribution in [0, 0.1) is 13.8 Å². The Morgan fingerprint density at radius 1 is 1.00 bits per heavy atom. The van der Waals surface area contributed by atoms with Gasteiger partial charge in [0.1, 0.15) is 5.75 Å². The molecule has 0 spiro atoms. The van der Waals surface area contributed by atoms with Crippen LogP contribution < -0.4 is 10.1 Å². The highest BCUT2D eigenvalue weighted by molar-refractivity contribution is 6.32. The van der Waals surface area contributed by atoms with Crippen LogP contribution in [0.25, 0.3) is 21.8 Å². The Morgan fingerprint density at radius 2 is 1.69 bits per heavy atom. The normalized spacial score (nSPS) is 11.2. The first kappa shape index (κ1) is 19.3. The molecule has 0 unspecified atom stereocenters. The Morgan fingerprint density at radius 3 is 2.41 bits per heavy atom. The molecule has 4 rings (SSSR count). The third-order valence-corrected chi connectivity index (χ3v) is 5.75. The van der Waals surface area contributed by atoms with E-state index < -0.39 is 0 Å². The second-order valence-electron chi connectivity index (χ2n) is 7.20. The Balaban J connectivity index is 1.53.